The summed E-state index contributed by atoms with van der Waals surface area (Å²) in [5.41, 5.74) is 0.468. The number of non-ortho nitro benzene ring substituents is 1. The second-order valence-corrected chi connectivity index (χ2v) is 4.94. The summed E-state index contributed by atoms with van der Waals surface area (Å²) < 4.78 is 7.43. The molecule has 0 amide bonds. The molecule has 1 aromatic carbocycles. The second-order valence-electron chi connectivity index (χ2n) is 4.94. The molecule has 0 aliphatic rings. The lowest BCUT2D eigenvalue weighted by Gasteiger charge is -1.98. The molecule has 4 rings (SSSR count). The molecule has 3 aromatic heterocycles. The summed E-state index contributed by atoms with van der Waals surface area (Å²) in [5, 5.41) is 16.0. The molecule has 27 heavy (non-hydrogen) atoms. The predicted octanol–water partition coefficient (Wildman–Crippen LogP) is 1.53. The first-order valence-corrected chi connectivity index (χ1v) is 7.35. The predicted molar refractivity (Wildman–Crippen MR) is 89.9 cm³/mol. The molecular formula is C15H11N7O5. The Balaban J connectivity index is 0.000000159. The largest absolute Gasteiger partial charge is 0.434 e. The summed E-state index contributed by atoms with van der Waals surface area (Å²) >= 11 is 0. The van der Waals surface area contributed by atoms with Gasteiger partial charge >= 0.3 is 11.8 Å². The van der Waals surface area contributed by atoms with Crippen LogP contribution in [0.25, 0.3) is 11.5 Å². The van der Waals surface area contributed by atoms with Crippen LogP contribution >= 0.6 is 0 Å². The highest BCUT2D eigenvalue weighted by Gasteiger charge is 2.08. The maximum atomic E-state index is 11.4. The van der Waals surface area contributed by atoms with Crippen molar-refractivity contribution >= 4 is 11.7 Å². The molecule has 136 valence electrons. The number of carbonyl (C=O) groups is 1. The van der Waals surface area contributed by atoms with Gasteiger partial charge in [-0.15, -0.1) is 5.10 Å². The molecule has 0 aliphatic heterocycles. The Morgan fingerprint density at radius 3 is 2.07 bits per heavy atom. The van der Waals surface area contributed by atoms with Gasteiger partial charge in [0.25, 0.3) is 5.69 Å². The summed E-state index contributed by atoms with van der Waals surface area (Å²) in [6.45, 7) is 0. The van der Waals surface area contributed by atoms with E-state index in [-0.39, 0.29) is 17.6 Å². The molecule has 12 nitrogen and oxygen atoms in total. The molecular weight excluding hydrogens is 358 g/mol. The number of aromatic amines is 1. The van der Waals surface area contributed by atoms with Crippen molar-refractivity contribution in [3.05, 3.63) is 82.4 Å². The van der Waals surface area contributed by atoms with Gasteiger partial charge in [-0.2, -0.15) is 0 Å². The Hall–Kier alpha value is -4.35. The Kier molecular flexibility index (Phi) is 4.98. The van der Waals surface area contributed by atoms with Crippen molar-refractivity contribution in [1.82, 2.24) is 29.3 Å². The minimum atomic E-state index is -0.664. The molecule has 0 saturated carbocycles. The third-order valence-corrected chi connectivity index (χ3v) is 3.21. The Bertz CT molecular complexity index is 1040. The van der Waals surface area contributed by atoms with Gasteiger partial charge in [-0.1, -0.05) is 0 Å². The molecule has 0 atom stereocenters. The smallest absolute Gasteiger partial charge is 0.388 e. The SMILES string of the molecule is O=C(n1ccnc1)n1ccnc1.O=c1[nH]nc(-c2ccc([N+](=O)[O-])cc2)o1. The zero-order valence-corrected chi connectivity index (χ0v) is 13.5. The third kappa shape index (κ3) is 4.19. The van der Waals surface area contributed by atoms with Crippen molar-refractivity contribution in [1.29, 1.82) is 0 Å². The highest BCUT2D eigenvalue weighted by molar-refractivity contribution is 5.78. The Morgan fingerprint density at radius 2 is 1.67 bits per heavy atom. The van der Waals surface area contributed by atoms with E-state index in [4.69, 9.17) is 0 Å². The number of nitrogens with one attached hydrogen (secondary N) is 1. The maximum Gasteiger partial charge on any atom is 0.434 e. The summed E-state index contributed by atoms with van der Waals surface area (Å²) in [4.78, 5) is 39.4. The van der Waals surface area contributed by atoms with Crippen molar-refractivity contribution in [3.8, 4) is 11.5 Å². The van der Waals surface area contributed by atoms with Gasteiger partial charge in [-0.3, -0.25) is 19.2 Å². The maximum absolute atomic E-state index is 11.4. The topological polar surface area (TPSA) is 155 Å². The highest BCUT2D eigenvalue weighted by atomic mass is 16.6. The highest BCUT2D eigenvalue weighted by Crippen LogP contribution is 2.18. The summed E-state index contributed by atoms with van der Waals surface area (Å²) in [6, 6.07) is 5.34. The van der Waals surface area contributed by atoms with E-state index in [0.717, 1.165) is 0 Å². The van der Waals surface area contributed by atoms with Crippen LogP contribution in [0.3, 0.4) is 0 Å². The van der Waals surface area contributed by atoms with E-state index in [1.54, 1.807) is 24.8 Å². The molecule has 0 aliphatic carbocycles. The number of hydrogen-bond donors (Lipinski definition) is 1. The Morgan fingerprint density at radius 1 is 1.07 bits per heavy atom. The van der Waals surface area contributed by atoms with Crippen LogP contribution in [0.4, 0.5) is 10.5 Å². The zero-order valence-electron chi connectivity index (χ0n) is 13.5. The van der Waals surface area contributed by atoms with E-state index in [2.05, 4.69) is 24.6 Å². The molecule has 3 heterocycles. The molecule has 0 radical (unpaired) electrons. The monoisotopic (exact) mass is 369 g/mol. The van der Waals surface area contributed by atoms with Crippen molar-refractivity contribution in [3.63, 3.8) is 0 Å². The average molecular weight is 369 g/mol. The fourth-order valence-corrected chi connectivity index (χ4v) is 1.96. The van der Waals surface area contributed by atoms with E-state index in [9.17, 15) is 19.7 Å². The lowest BCUT2D eigenvalue weighted by Crippen LogP contribution is -2.15. The number of aromatic nitrogens is 6. The van der Waals surface area contributed by atoms with E-state index < -0.39 is 10.7 Å². The number of imidazole rings is 2. The van der Waals surface area contributed by atoms with Crippen molar-refractivity contribution in [2.45, 2.75) is 0 Å². The molecule has 0 spiro atoms. The number of nitro benzene ring substituents is 1. The van der Waals surface area contributed by atoms with Gasteiger partial charge in [-0.25, -0.2) is 24.7 Å². The third-order valence-electron chi connectivity index (χ3n) is 3.21. The zero-order chi connectivity index (χ0) is 19.2. The van der Waals surface area contributed by atoms with E-state index in [0.29, 0.717) is 5.56 Å². The molecule has 0 fully saturated rings. The van der Waals surface area contributed by atoms with Crippen LogP contribution in [-0.4, -0.2) is 40.3 Å². The second kappa shape index (κ2) is 7.69. The Labute approximate surface area is 149 Å². The molecule has 0 saturated heterocycles. The summed E-state index contributed by atoms with van der Waals surface area (Å²) in [6.07, 6.45) is 9.17. The molecule has 4 aromatic rings. The van der Waals surface area contributed by atoms with Crippen LogP contribution in [0.5, 0.6) is 0 Å². The lowest BCUT2D eigenvalue weighted by atomic mass is 10.2. The van der Waals surface area contributed by atoms with Gasteiger partial charge in [0, 0.05) is 42.5 Å². The minimum absolute atomic E-state index is 0.0309. The summed E-state index contributed by atoms with van der Waals surface area (Å²) in [5.74, 6) is -0.557. The van der Waals surface area contributed by atoms with Crippen LogP contribution in [0.2, 0.25) is 0 Å². The first-order valence-electron chi connectivity index (χ1n) is 7.35. The normalized spacial score (nSPS) is 10.1. The van der Waals surface area contributed by atoms with Gasteiger partial charge in [-0.05, 0) is 12.1 Å². The molecule has 0 unspecified atom stereocenters. The van der Waals surface area contributed by atoms with Crippen LogP contribution < -0.4 is 5.76 Å². The fourth-order valence-electron chi connectivity index (χ4n) is 1.96. The van der Waals surface area contributed by atoms with Gasteiger partial charge in [0.15, 0.2) is 0 Å². The molecule has 0 bridgehead atoms. The quantitative estimate of drug-likeness (QED) is 0.412. The summed E-state index contributed by atoms with van der Waals surface area (Å²) in [7, 11) is 0. The van der Waals surface area contributed by atoms with E-state index in [1.807, 2.05) is 0 Å². The molecule has 1 N–H and O–H groups in total. The number of H-pyrrole nitrogens is 1. The lowest BCUT2D eigenvalue weighted by molar-refractivity contribution is -0.384. The van der Waals surface area contributed by atoms with Gasteiger partial charge in [0.1, 0.15) is 12.7 Å². The number of rotatable bonds is 2. The van der Waals surface area contributed by atoms with Gasteiger partial charge in [0.2, 0.25) is 5.89 Å². The standard InChI is InChI=1S/C8H5N3O4.C7H6N4O/c12-8-10-9-7(15-8)5-1-3-6(4-2-5)11(13)14;12-7(10-3-1-8-5-10)11-4-2-9-6-11/h1-4H,(H,10,12);1-6H. The molecule has 12 heteroatoms. The first kappa shape index (κ1) is 17.5. The number of hydrogen-bond acceptors (Lipinski definition) is 8. The number of nitro groups is 1. The number of benzene rings is 1. The van der Waals surface area contributed by atoms with Crippen LogP contribution in [0, 0.1) is 10.1 Å². The average Bonchev–Trinajstić information content (AvgIpc) is 3.44. The van der Waals surface area contributed by atoms with E-state index >= 15 is 0 Å². The van der Waals surface area contributed by atoms with Gasteiger partial charge < -0.3 is 4.42 Å². The van der Waals surface area contributed by atoms with E-state index in [1.165, 1.54) is 46.1 Å². The number of carbonyl (C=O) groups excluding carboxylic acids is 1. The number of nitrogens with zero attached hydrogens (tertiary/aromatic N) is 6. The first-order chi connectivity index (χ1) is 13.0. The fraction of sp³-hybridized carbons (Fsp3) is 0. The minimum Gasteiger partial charge on any atom is -0.388 e. The van der Waals surface area contributed by atoms with Crippen LogP contribution in [-0.2, 0) is 0 Å². The van der Waals surface area contributed by atoms with Crippen molar-refractivity contribution < 1.29 is 14.1 Å². The van der Waals surface area contributed by atoms with Crippen molar-refractivity contribution in [2.75, 3.05) is 0 Å². The van der Waals surface area contributed by atoms with Crippen LogP contribution in [0.15, 0.2) is 70.9 Å². The van der Waals surface area contributed by atoms with Crippen LogP contribution in [0.1, 0.15) is 0 Å². The van der Waals surface area contributed by atoms with Crippen molar-refractivity contribution in [2.24, 2.45) is 0 Å². The van der Waals surface area contributed by atoms with Gasteiger partial charge in [0.05, 0.1) is 4.92 Å².